The third kappa shape index (κ3) is 2.77. The van der Waals surface area contributed by atoms with Gasteiger partial charge in [-0.1, -0.05) is 12.8 Å². The van der Waals surface area contributed by atoms with Gasteiger partial charge in [0.25, 0.3) is 0 Å². The highest BCUT2D eigenvalue weighted by molar-refractivity contribution is 5.98. The molecule has 0 saturated heterocycles. The summed E-state index contributed by atoms with van der Waals surface area (Å²) in [5.74, 6) is 1.36. The maximum absolute atomic E-state index is 12.0. The number of hydrogen-bond donors (Lipinski definition) is 0. The Kier molecular flexibility index (Phi) is 3.86. The number of aryl methyl sites for hydroxylation is 1. The van der Waals surface area contributed by atoms with E-state index < -0.39 is 0 Å². The summed E-state index contributed by atoms with van der Waals surface area (Å²) in [5, 5.41) is 0. The second-order valence-corrected chi connectivity index (χ2v) is 5.83. The lowest BCUT2D eigenvalue weighted by Crippen LogP contribution is -2.19. The Balaban J connectivity index is 1.63. The van der Waals surface area contributed by atoms with Crippen LogP contribution in [0.15, 0.2) is 18.2 Å². The van der Waals surface area contributed by atoms with Crippen LogP contribution in [0, 0.1) is 5.92 Å². The molecule has 3 nitrogen and oxygen atoms in total. The molecule has 0 heterocycles. The van der Waals surface area contributed by atoms with Crippen molar-refractivity contribution in [2.75, 3.05) is 6.61 Å². The Labute approximate surface area is 119 Å². The zero-order valence-corrected chi connectivity index (χ0v) is 11.7. The van der Waals surface area contributed by atoms with Crippen LogP contribution in [0.1, 0.15) is 54.4 Å². The summed E-state index contributed by atoms with van der Waals surface area (Å²) in [7, 11) is 0. The molecular weight excluding hydrogens is 252 g/mol. The van der Waals surface area contributed by atoms with Gasteiger partial charge < -0.3 is 4.74 Å². The fraction of sp³-hybridized carbons (Fsp3) is 0.529. The Morgan fingerprint density at radius 1 is 1.15 bits per heavy atom. The zero-order chi connectivity index (χ0) is 13.9. The summed E-state index contributed by atoms with van der Waals surface area (Å²) >= 11 is 0. The largest absolute Gasteiger partial charge is 0.486 e. The van der Waals surface area contributed by atoms with Crippen molar-refractivity contribution in [2.45, 2.75) is 44.9 Å². The molecule has 3 rings (SSSR count). The molecule has 0 spiro atoms. The van der Waals surface area contributed by atoms with Gasteiger partial charge in [0.2, 0.25) is 0 Å². The van der Waals surface area contributed by atoms with Crippen LogP contribution < -0.4 is 4.74 Å². The second-order valence-electron chi connectivity index (χ2n) is 5.83. The molecule has 0 radical (unpaired) electrons. The van der Waals surface area contributed by atoms with Crippen molar-refractivity contribution in [2.24, 2.45) is 5.92 Å². The highest BCUT2D eigenvalue weighted by atomic mass is 16.5. The Morgan fingerprint density at radius 2 is 1.95 bits per heavy atom. The lowest BCUT2D eigenvalue weighted by molar-refractivity contribution is -0.124. The van der Waals surface area contributed by atoms with E-state index in [1.807, 2.05) is 18.2 Å². The van der Waals surface area contributed by atoms with Crippen molar-refractivity contribution in [3.8, 4) is 5.75 Å². The lowest BCUT2D eigenvalue weighted by atomic mass is 9.90. The number of Topliss-reactive ketones (excluding diaryl/α,β-unsaturated/α-hetero) is 2. The van der Waals surface area contributed by atoms with Gasteiger partial charge in [-0.25, -0.2) is 0 Å². The smallest absolute Gasteiger partial charge is 0.173 e. The molecule has 0 aliphatic heterocycles. The Hall–Kier alpha value is -1.64. The first-order chi connectivity index (χ1) is 9.74. The molecule has 106 valence electrons. The quantitative estimate of drug-likeness (QED) is 0.844. The maximum atomic E-state index is 12.0. The summed E-state index contributed by atoms with van der Waals surface area (Å²) < 4.78 is 5.62. The van der Waals surface area contributed by atoms with E-state index in [0.717, 1.165) is 49.7 Å². The number of hydrogen-bond acceptors (Lipinski definition) is 3. The van der Waals surface area contributed by atoms with Gasteiger partial charge in [-0.2, -0.15) is 0 Å². The minimum atomic E-state index is 0.164. The summed E-state index contributed by atoms with van der Waals surface area (Å²) in [5.41, 5.74) is 1.89. The molecule has 2 aliphatic rings. The van der Waals surface area contributed by atoms with Crippen molar-refractivity contribution in [3.05, 3.63) is 29.3 Å². The molecule has 1 fully saturated rings. The van der Waals surface area contributed by atoms with E-state index in [2.05, 4.69) is 0 Å². The number of ketones is 2. The SMILES string of the molecule is O=C1CCCc2cc(OCC(=O)C3CCCC3)ccc21. The van der Waals surface area contributed by atoms with Crippen molar-refractivity contribution in [3.63, 3.8) is 0 Å². The van der Waals surface area contributed by atoms with Crippen LogP contribution in [0.25, 0.3) is 0 Å². The van der Waals surface area contributed by atoms with E-state index in [4.69, 9.17) is 4.74 Å². The molecule has 0 N–H and O–H groups in total. The monoisotopic (exact) mass is 272 g/mol. The van der Waals surface area contributed by atoms with E-state index in [9.17, 15) is 9.59 Å². The van der Waals surface area contributed by atoms with E-state index in [1.54, 1.807) is 0 Å². The maximum Gasteiger partial charge on any atom is 0.173 e. The normalized spacial score (nSPS) is 18.9. The average Bonchev–Trinajstić information content (AvgIpc) is 2.99. The van der Waals surface area contributed by atoms with Crippen LogP contribution in [0.3, 0.4) is 0 Å². The van der Waals surface area contributed by atoms with E-state index in [-0.39, 0.29) is 24.1 Å². The molecule has 0 amide bonds. The second kappa shape index (κ2) is 5.78. The number of carbonyl (C=O) groups is 2. The fourth-order valence-electron chi connectivity index (χ4n) is 3.23. The number of carbonyl (C=O) groups excluding carboxylic acids is 2. The topological polar surface area (TPSA) is 43.4 Å². The minimum absolute atomic E-state index is 0.164. The Bertz CT molecular complexity index is 527. The molecule has 20 heavy (non-hydrogen) atoms. The van der Waals surface area contributed by atoms with Crippen LogP contribution in [-0.2, 0) is 11.2 Å². The molecule has 1 aromatic rings. The molecule has 2 aliphatic carbocycles. The van der Waals surface area contributed by atoms with E-state index in [1.165, 1.54) is 0 Å². The zero-order valence-electron chi connectivity index (χ0n) is 11.7. The summed E-state index contributed by atoms with van der Waals surface area (Å²) in [6.07, 6.45) is 6.84. The van der Waals surface area contributed by atoms with Crippen LogP contribution in [0.4, 0.5) is 0 Å². The molecule has 0 unspecified atom stereocenters. The standard InChI is InChI=1S/C17H20O3/c18-16-7-3-6-13-10-14(8-9-15(13)16)20-11-17(19)12-4-1-2-5-12/h8-10,12H,1-7,11H2. The summed E-state index contributed by atoms with van der Waals surface area (Å²) in [6, 6.07) is 5.57. The van der Waals surface area contributed by atoms with Gasteiger partial charge in [-0.3, -0.25) is 9.59 Å². The summed E-state index contributed by atoms with van der Waals surface area (Å²) in [4.78, 5) is 23.7. The van der Waals surface area contributed by atoms with Gasteiger partial charge in [0, 0.05) is 17.9 Å². The lowest BCUT2D eigenvalue weighted by Gasteiger charge is -2.16. The first kappa shape index (κ1) is 13.3. The summed E-state index contributed by atoms with van der Waals surface area (Å²) in [6.45, 7) is 0.164. The van der Waals surface area contributed by atoms with E-state index >= 15 is 0 Å². The number of ether oxygens (including phenoxy) is 1. The van der Waals surface area contributed by atoms with Crippen molar-refractivity contribution >= 4 is 11.6 Å². The van der Waals surface area contributed by atoms with Gasteiger partial charge in [0.1, 0.15) is 12.4 Å². The van der Waals surface area contributed by atoms with Crippen LogP contribution >= 0.6 is 0 Å². The van der Waals surface area contributed by atoms with Gasteiger partial charge in [-0.15, -0.1) is 0 Å². The van der Waals surface area contributed by atoms with E-state index in [0.29, 0.717) is 12.2 Å². The molecule has 1 aromatic carbocycles. The van der Waals surface area contributed by atoms with Crippen LogP contribution in [-0.4, -0.2) is 18.2 Å². The highest BCUT2D eigenvalue weighted by Gasteiger charge is 2.23. The third-order valence-corrected chi connectivity index (χ3v) is 4.42. The number of benzene rings is 1. The van der Waals surface area contributed by atoms with Crippen LogP contribution in [0.5, 0.6) is 5.75 Å². The third-order valence-electron chi connectivity index (χ3n) is 4.42. The fourth-order valence-corrected chi connectivity index (χ4v) is 3.23. The molecule has 3 heteroatoms. The minimum Gasteiger partial charge on any atom is -0.486 e. The van der Waals surface area contributed by atoms with Gasteiger partial charge in [0.05, 0.1) is 0 Å². The van der Waals surface area contributed by atoms with Crippen molar-refractivity contribution < 1.29 is 14.3 Å². The average molecular weight is 272 g/mol. The molecule has 0 atom stereocenters. The van der Waals surface area contributed by atoms with Gasteiger partial charge in [0.15, 0.2) is 11.6 Å². The first-order valence-corrected chi connectivity index (χ1v) is 7.55. The van der Waals surface area contributed by atoms with Gasteiger partial charge >= 0.3 is 0 Å². The van der Waals surface area contributed by atoms with Gasteiger partial charge in [-0.05, 0) is 49.4 Å². The van der Waals surface area contributed by atoms with Crippen molar-refractivity contribution in [1.29, 1.82) is 0 Å². The molecule has 1 saturated carbocycles. The first-order valence-electron chi connectivity index (χ1n) is 7.55. The number of fused-ring (bicyclic) bond motifs is 1. The molecule has 0 aromatic heterocycles. The Morgan fingerprint density at radius 3 is 2.75 bits per heavy atom. The predicted molar refractivity (Wildman–Crippen MR) is 76.2 cm³/mol. The molecular formula is C17H20O3. The van der Waals surface area contributed by atoms with Crippen LogP contribution in [0.2, 0.25) is 0 Å². The van der Waals surface area contributed by atoms with Crippen molar-refractivity contribution in [1.82, 2.24) is 0 Å². The number of rotatable bonds is 4. The molecule has 0 bridgehead atoms. The highest BCUT2D eigenvalue weighted by Crippen LogP contribution is 2.27. The predicted octanol–water partition coefficient (Wildman–Crippen LogP) is 3.34.